The number of sulfonamides is 1. The molecule has 0 saturated carbocycles. The van der Waals surface area contributed by atoms with Crippen LogP contribution in [0.3, 0.4) is 0 Å². The quantitative estimate of drug-likeness (QED) is 0.432. The number of anilines is 2. The van der Waals surface area contributed by atoms with Crippen molar-refractivity contribution in [1.82, 2.24) is 0 Å². The van der Waals surface area contributed by atoms with Crippen LogP contribution in [0.4, 0.5) is 11.4 Å². The van der Waals surface area contributed by atoms with Gasteiger partial charge < -0.3 is 15.4 Å². The molecule has 1 atom stereocenters. The number of carbonyl (C=O) groups excluding carboxylic acids is 2. The molecule has 0 aliphatic carbocycles. The Morgan fingerprint density at radius 1 is 1.16 bits per heavy atom. The van der Waals surface area contributed by atoms with Crippen LogP contribution in [0.2, 0.25) is 10.0 Å². The second kappa shape index (κ2) is 10.3. The van der Waals surface area contributed by atoms with Crippen LogP contribution >= 0.6 is 23.2 Å². The summed E-state index contributed by atoms with van der Waals surface area (Å²) in [5.41, 5.74) is 6.83. The highest BCUT2D eigenvalue weighted by molar-refractivity contribution is 7.92. The fourth-order valence-corrected chi connectivity index (χ4v) is 4.98. The Bertz CT molecular complexity index is 1570. The van der Waals surface area contributed by atoms with Crippen LogP contribution in [0.5, 0.6) is 11.5 Å². The number of nitriles is 1. The van der Waals surface area contributed by atoms with Gasteiger partial charge in [-0.15, -0.1) is 0 Å². The SMILES string of the molecule is CS(=O)(=O)Nc1ccc(N2C[C@@H](c3ccc(Cl)c(Oc4c(Cl)cccc4C#N)c3)CC2=O)cc1C(N)=O. The van der Waals surface area contributed by atoms with Gasteiger partial charge in [-0.1, -0.05) is 35.3 Å². The van der Waals surface area contributed by atoms with Gasteiger partial charge in [-0.2, -0.15) is 5.26 Å². The van der Waals surface area contributed by atoms with Gasteiger partial charge in [0.05, 0.1) is 33.1 Å². The fraction of sp³-hybridized carbons (Fsp3) is 0.160. The van der Waals surface area contributed by atoms with Gasteiger partial charge in [0, 0.05) is 24.6 Å². The number of carbonyl (C=O) groups is 2. The minimum Gasteiger partial charge on any atom is -0.453 e. The summed E-state index contributed by atoms with van der Waals surface area (Å²) >= 11 is 12.6. The summed E-state index contributed by atoms with van der Waals surface area (Å²) in [5.74, 6) is -0.815. The Morgan fingerprint density at radius 2 is 1.92 bits per heavy atom. The van der Waals surface area contributed by atoms with Crippen molar-refractivity contribution in [3.8, 4) is 17.6 Å². The van der Waals surface area contributed by atoms with E-state index in [9.17, 15) is 23.3 Å². The first kappa shape index (κ1) is 26.3. The zero-order valence-electron chi connectivity index (χ0n) is 19.4. The smallest absolute Gasteiger partial charge is 0.250 e. The van der Waals surface area contributed by atoms with E-state index >= 15 is 0 Å². The molecule has 37 heavy (non-hydrogen) atoms. The first-order valence-corrected chi connectivity index (χ1v) is 13.5. The second-order valence-corrected chi connectivity index (χ2v) is 11.0. The van der Waals surface area contributed by atoms with Gasteiger partial charge in [-0.05, 0) is 48.0 Å². The zero-order valence-corrected chi connectivity index (χ0v) is 21.7. The molecule has 3 aromatic rings. The summed E-state index contributed by atoms with van der Waals surface area (Å²) in [5, 5.41) is 9.93. The average molecular weight is 559 g/mol. The molecule has 0 bridgehead atoms. The van der Waals surface area contributed by atoms with Crippen molar-refractivity contribution in [2.45, 2.75) is 12.3 Å². The maximum Gasteiger partial charge on any atom is 0.250 e. The van der Waals surface area contributed by atoms with E-state index in [-0.39, 0.29) is 58.1 Å². The van der Waals surface area contributed by atoms with Crippen LogP contribution in [0.15, 0.2) is 54.6 Å². The lowest BCUT2D eigenvalue weighted by Gasteiger charge is -2.19. The number of nitrogens with two attached hydrogens (primary N) is 1. The Balaban J connectivity index is 1.61. The Hall–Kier alpha value is -3.78. The van der Waals surface area contributed by atoms with E-state index in [1.54, 1.807) is 36.4 Å². The van der Waals surface area contributed by atoms with E-state index < -0.39 is 15.9 Å². The third kappa shape index (κ3) is 5.80. The second-order valence-electron chi connectivity index (χ2n) is 8.39. The van der Waals surface area contributed by atoms with Crippen molar-refractivity contribution in [2.24, 2.45) is 5.73 Å². The first-order valence-electron chi connectivity index (χ1n) is 10.8. The minimum absolute atomic E-state index is 0.0257. The number of nitrogens with zero attached hydrogens (tertiary/aromatic N) is 2. The molecule has 0 spiro atoms. The topological polar surface area (TPSA) is 143 Å². The molecule has 0 unspecified atom stereocenters. The minimum atomic E-state index is -3.65. The number of hydrogen-bond donors (Lipinski definition) is 2. The predicted molar refractivity (Wildman–Crippen MR) is 141 cm³/mol. The highest BCUT2D eigenvalue weighted by atomic mass is 35.5. The van der Waals surface area contributed by atoms with E-state index in [2.05, 4.69) is 4.72 Å². The predicted octanol–water partition coefficient (Wildman–Crippen LogP) is 4.65. The van der Waals surface area contributed by atoms with Crippen molar-refractivity contribution in [3.63, 3.8) is 0 Å². The molecular formula is C25H20Cl2N4O5S. The number of rotatable bonds is 7. The Labute approximate surface area is 223 Å². The van der Waals surface area contributed by atoms with Gasteiger partial charge >= 0.3 is 0 Å². The highest BCUT2D eigenvalue weighted by Gasteiger charge is 2.33. The van der Waals surface area contributed by atoms with E-state index in [1.165, 1.54) is 23.1 Å². The number of primary amides is 1. The van der Waals surface area contributed by atoms with E-state index in [0.29, 0.717) is 10.7 Å². The molecule has 9 nitrogen and oxygen atoms in total. The van der Waals surface area contributed by atoms with Gasteiger partial charge in [0.25, 0.3) is 5.91 Å². The number of halogens is 2. The van der Waals surface area contributed by atoms with Crippen LogP contribution in [0.25, 0.3) is 0 Å². The summed E-state index contributed by atoms with van der Waals surface area (Å²) in [6, 6.07) is 16.3. The molecule has 3 N–H and O–H groups in total. The lowest BCUT2D eigenvalue weighted by molar-refractivity contribution is -0.117. The third-order valence-electron chi connectivity index (χ3n) is 5.73. The normalized spacial score (nSPS) is 15.4. The van der Waals surface area contributed by atoms with Crippen LogP contribution < -0.4 is 20.1 Å². The van der Waals surface area contributed by atoms with Gasteiger partial charge in [0.2, 0.25) is 15.9 Å². The number of hydrogen-bond acceptors (Lipinski definition) is 6. The largest absolute Gasteiger partial charge is 0.453 e. The number of amides is 2. The molecule has 190 valence electrons. The molecule has 12 heteroatoms. The van der Waals surface area contributed by atoms with Crippen LogP contribution in [-0.2, 0) is 14.8 Å². The monoisotopic (exact) mass is 558 g/mol. The first-order chi connectivity index (χ1) is 17.5. The van der Waals surface area contributed by atoms with Crippen molar-refractivity contribution >= 4 is 56.4 Å². The van der Waals surface area contributed by atoms with Gasteiger partial charge in [0.15, 0.2) is 5.75 Å². The maximum atomic E-state index is 12.9. The zero-order chi connectivity index (χ0) is 26.9. The molecule has 0 radical (unpaired) electrons. The van der Waals surface area contributed by atoms with Crippen LogP contribution in [-0.4, -0.2) is 33.0 Å². The van der Waals surface area contributed by atoms with Gasteiger partial charge in [-0.25, -0.2) is 8.42 Å². The molecule has 3 aromatic carbocycles. The van der Waals surface area contributed by atoms with E-state index in [0.717, 1.165) is 11.8 Å². The van der Waals surface area contributed by atoms with E-state index in [1.807, 2.05) is 6.07 Å². The lowest BCUT2D eigenvalue weighted by Crippen LogP contribution is -2.25. The van der Waals surface area contributed by atoms with E-state index in [4.69, 9.17) is 33.7 Å². The Kier molecular flexibility index (Phi) is 7.32. The summed E-state index contributed by atoms with van der Waals surface area (Å²) in [6.07, 6.45) is 1.13. The molecule has 4 rings (SSSR count). The van der Waals surface area contributed by atoms with Crippen molar-refractivity contribution in [3.05, 3.63) is 81.3 Å². The van der Waals surface area contributed by atoms with Crippen molar-refractivity contribution in [2.75, 3.05) is 22.4 Å². The molecular weight excluding hydrogens is 539 g/mol. The summed E-state index contributed by atoms with van der Waals surface area (Å²) in [4.78, 5) is 26.4. The number of ether oxygens (including phenoxy) is 1. The maximum absolute atomic E-state index is 12.9. The molecule has 1 aliphatic heterocycles. The number of para-hydroxylation sites is 1. The standard InChI is InChI=1S/C25H20Cl2N4O5S/c1-37(34,35)30-21-8-6-17(11-18(21)25(29)33)31-13-16(10-23(31)32)14-5-7-19(26)22(9-14)36-24-15(12-28)3-2-4-20(24)27/h2-9,11,16,30H,10,13H2,1H3,(H2,29,33)/t16-/m0/s1. The number of nitrogens with one attached hydrogen (secondary N) is 1. The highest BCUT2D eigenvalue weighted by Crippen LogP contribution is 2.40. The van der Waals surface area contributed by atoms with Gasteiger partial charge in [0.1, 0.15) is 11.8 Å². The molecule has 0 aromatic heterocycles. The fourth-order valence-electron chi connectivity index (χ4n) is 4.04. The molecule has 1 heterocycles. The van der Waals surface area contributed by atoms with Gasteiger partial charge in [-0.3, -0.25) is 14.3 Å². The molecule has 1 fully saturated rings. The molecule has 2 amide bonds. The molecule has 1 saturated heterocycles. The number of benzene rings is 3. The van der Waals surface area contributed by atoms with Crippen LogP contribution in [0, 0.1) is 11.3 Å². The Morgan fingerprint density at radius 3 is 2.59 bits per heavy atom. The third-order valence-corrected chi connectivity index (χ3v) is 6.93. The molecule has 1 aliphatic rings. The summed E-state index contributed by atoms with van der Waals surface area (Å²) < 4.78 is 31.4. The van der Waals surface area contributed by atoms with Crippen LogP contribution in [0.1, 0.15) is 33.8 Å². The summed E-state index contributed by atoms with van der Waals surface area (Å²) in [7, 11) is -3.65. The average Bonchev–Trinajstić information content (AvgIpc) is 3.22. The summed E-state index contributed by atoms with van der Waals surface area (Å²) in [6.45, 7) is 0.284. The van der Waals surface area contributed by atoms with Crippen molar-refractivity contribution in [1.29, 1.82) is 5.26 Å². The lowest BCUT2D eigenvalue weighted by atomic mass is 9.98. The van der Waals surface area contributed by atoms with Crippen molar-refractivity contribution < 1.29 is 22.7 Å².